The first-order valence-electron chi connectivity index (χ1n) is 5.88. The minimum absolute atomic E-state index is 0.0426. The number of rotatable bonds is 6. The van der Waals surface area contributed by atoms with E-state index in [1.54, 1.807) is 0 Å². The van der Waals surface area contributed by atoms with Gasteiger partial charge in [0, 0.05) is 19.0 Å². The Morgan fingerprint density at radius 3 is 2.27 bits per heavy atom. The van der Waals surface area contributed by atoms with Gasteiger partial charge in [0.2, 0.25) is 5.91 Å². The zero-order chi connectivity index (χ0) is 11.9. The second kappa shape index (κ2) is 6.83. The second-order valence-corrected chi connectivity index (χ2v) is 5.13. The molecule has 0 aliphatic carbocycles. The number of nitrogens with one attached hydrogen (secondary N) is 2. The van der Waals surface area contributed by atoms with Crippen LogP contribution in [0, 0.1) is 11.3 Å². The summed E-state index contributed by atoms with van der Waals surface area (Å²) >= 11 is 0. The van der Waals surface area contributed by atoms with Crippen LogP contribution in [-0.2, 0) is 4.79 Å². The number of carbonyl (C=O) groups is 1. The second-order valence-electron chi connectivity index (χ2n) is 5.13. The summed E-state index contributed by atoms with van der Waals surface area (Å²) in [5.41, 5.74) is 0.0426. The van der Waals surface area contributed by atoms with Crippen molar-refractivity contribution in [1.82, 2.24) is 10.6 Å². The summed E-state index contributed by atoms with van der Waals surface area (Å²) in [5, 5.41) is 6.20. The van der Waals surface area contributed by atoms with Gasteiger partial charge < -0.3 is 10.6 Å². The van der Waals surface area contributed by atoms with E-state index in [9.17, 15) is 4.79 Å². The van der Waals surface area contributed by atoms with Crippen molar-refractivity contribution in [3.63, 3.8) is 0 Å². The van der Waals surface area contributed by atoms with Crippen LogP contribution in [0.4, 0.5) is 0 Å². The molecule has 90 valence electrons. The highest BCUT2D eigenvalue weighted by atomic mass is 16.1. The maximum absolute atomic E-state index is 11.7. The lowest BCUT2D eigenvalue weighted by atomic mass is 9.81. The SMILES string of the molecule is CCCNCCNC(=O)C(C)C(C)(C)C. The molecule has 2 N–H and O–H groups in total. The lowest BCUT2D eigenvalue weighted by Gasteiger charge is -2.26. The Balaban J connectivity index is 3.66. The zero-order valence-electron chi connectivity index (χ0n) is 10.8. The molecule has 0 fully saturated rings. The lowest BCUT2D eigenvalue weighted by Crippen LogP contribution is -2.39. The predicted octanol–water partition coefficient (Wildman–Crippen LogP) is 1.78. The third-order valence-electron chi connectivity index (χ3n) is 2.72. The number of hydrogen-bond acceptors (Lipinski definition) is 2. The molecule has 0 aromatic rings. The van der Waals surface area contributed by atoms with Crippen LogP contribution in [-0.4, -0.2) is 25.5 Å². The smallest absolute Gasteiger partial charge is 0.223 e. The molecule has 0 saturated heterocycles. The minimum atomic E-state index is 0.0426. The van der Waals surface area contributed by atoms with Gasteiger partial charge in [-0.25, -0.2) is 0 Å². The fourth-order valence-corrected chi connectivity index (χ4v) is 1.12. The Bertz CT molecular complexity index is 185. The Kier molecular flexibility index (Phi) is 6.57. The van der Waals surface area contributed by atoms with Crippen LogP contribution in [0.3, 0.4) is 0 Å². The summed E-state index contributed by atoms with van der Waals surface area (Å²) < 4.78 is 0. The van der Waals surface area contributed by atoms with Crippen LogP contribution in [0.25, 0.3) is 0 Å². The van der Waals surface area contributed by atoms with Gasteiger partial charge in [0.05, 0.1) is 0 Å². The fourth-order valence-electron chi connectivity index (χ4n) is 1.12. The first-order valence-corrected chi connectivity index (χ1v) is 5.88. The Morgan fingerprint density at radius 1 is 1.20 bits per heavy atom. The van der Waals surface area contributed by atoms with Gasteiger partial charge in [0.1, 0.15) is 0 Å². The van der Waals surface area contributed by atoms with E-state index in [0.29, 0.717) is 0 Å². The molecule has 0 bridgehead atoms. The molecular formula is C12H26N2O. The van der Waals surface area contributed by atoms with Crippen LogP contribution in [0.15, 0.2) is 0 Å². The molecule has 0 spiro atoms. The molecule has 1 amide bonds. The van der Waals surface area contributed by atoms with Crippen molar-refractivity contribution in [1.29, 1.82) is 0 Å². The van der Waals surface area contributed by atoms with E-state index < -0.39 is 0 Å². The molecule has 0 radical (unpaired) electrons. The molecule has 0 saturated carbocycles. The van der Waals surface area contributed by atoms with Gasteiger partial charge in [-0.15, -0.1) is 0 Å². The van der Waals surface area contributed by atoms with Gasteiger partial charge in [-0.3, -0.25) is 4.79 Å². The normalized spacial score (nSPS) is 13.7. The van der Waals surface area contributed by atoms with Crippen molar-refractivity contribution in [2.24, 2.45) is 11.3 Å². The average Bonchev–Trinajstić information content (AvgIpc) is 2.14. The third kappa shape index (κ3) is 6.50. The molecule has 3 nitrogen and oxygen atoms in total. The Morgan fingerprint density at radius 2 is 1.80 bits per heavy atom. The van der Waals surface area contributed by atoms with Gasteiger partial charge in [-0.2, -0.15) is 0 Å². The minimum Gasteiger partial charge on any atom is -0.355 e. The van der Waals surface area contributed by atoms with E-state index in [0.717, 1.165) is 26.1 Å². The largest absolute Gasteiger partial charge is 0.355 e. The molecule has 0 aromatic carbocycles. The molecule has 15 heavy (non-hydrogen) atoms. The molecule has 0 rings (SSSR count). The topological polar surface area (TPSA) is 41.1 Å². The van der Waals surface area contributed by atoms with Gasteiger partial charge >= 0.3 is 0 Å². The first-order chi connectivity index (χ1) is 6.89. The quantitative estimate of drug-likeness (QED) is 0.662. The van der Waals surface area contributed by atoms with E-state index in [2.05, 4.69) is 38.3 Å². The highest BCUT2D eigenvalue weighted by Crippen LogP contribution is 2.24. The van der Waals surface area contributed by atoms with Gasteiger partial charge in [-0.1, -0.05) is 34.6 Å². The number of amides is 1. The summed E-state index contributed by atoms with van der Waals surface area (Å²) in [5.74, 6) is 0.212. The summed E-state index contributed by atoms with van der Waals surface area (Å²) in [6.07, 6.45) is 1.13. The van der Waals surface area contributed by atoms with Crippen molar-refractivity contribution in [3.8, 4) is 0 Å². The molecule has 1 unspecified atom stereocenters. The van der Waals surface area contributed by atoms with E-state index in [4.69, 9.17) is 0 Å². The highest BCUT2D eigenvalue weighted by Gasteiger charge is 2.26. The maximum atomic E-state index is 11.7. The van der Waals surface area contributed by atoms with Crippen LogP contribution in [0.2, 0.25) is 0 Å². The van der Waals surface area contributed by atoms with Crippen molar-refractivity contribution in [2.75, 3.05) is 19.6 Å². The van der Waals surface area contributed by atoms with E-state index in [-0.39, 0.29) is 17.2 Å². The summed E-state index contributed by atoms with van der Waals surface area (Å²) in [4.78, 5) is 11.7. The van der Waals surface area contributed by atoms with Crippen LogP contribution < -0.4 is 10.6 Å². The van der Waals surface area contributed by atoms with Gasteiger partial charge in [0.25, 0.3) is 0 Å². The van der Waals surface area contributed by atoms with Crippen molar-refractivity contribution < 1.29 is 4.79 Å². The van der Waals surface area contributed by atoms with Gasteiger partial charge in [-0.05, 0) is 18.4 Å². The molecular weight excluding hydrogens is 188 g/mol. The van der Waals surface area contributed by atoms with Crippen LogP contribution in [0.5, 0.6) is 0 Å². The maximum Gasteiger partial charge on any atom is 0.223 e. The number of hydrogen-bond donors (Lipinski definition) is 2. The molecule has 0 heterocycles. The zero-order valence-corrected chi connectivity index (χ0v) is 10.8. The Labute approximate surface area is 94.0 Å². The summed E-state index contributed by atoms with van der Waals surface area (Å²) in [7, 11) is 0. The molecule has 3 heteroatoms. The first kappa shape index (κ1) is 14.4. The number of carbonyl (C=O) groups excluding carboxylic acids is 1. The standard InChI is InChI=1S/C12H26N2O/c1-6-7-13-8-9-14-11(15)10(2)12(3,4)5/h10,13H,6-9H2,1-5H3,(H,14,15). The van der Waals surface area contributed by atoms with E-state index in [1.165, 1.54) is 0 Å². The van der Waals surface area contributed by atoms with E-state index >= 15 is 0 Å². The van der Waals surface area contributed by atoms with Crippen molar-refractivity contribution in [3.05, 3.63) is 0 Å². The van der Waals surface area contributed by atoms with Crippen LogP contribution in [0.1, 0.15) is 41.0 Å². The molecule has 0 aliphatic rings. The van der Waals surface area contributed by atoms with Crippen LogP contribution >= 0.6 is 0 Å². The summed E-state index contributed by atoms with van der Waals surface area (Å²) in [6, 6.07) is 0. The van der Waals surface area contributed by atoms with E-state index in [1.807, 2.05) is 6.92 Å². The average molecular weight is 214 g/mol. The van der Waals surface area contributed by atoms with Crippen molar-refractivity contribution in [2.45, 2.75) is 41.0 Å². The van der Waals surface area contributed by atoms with Gasteiger partial charge in [0.15, 0.2) is 0 Å². The Hall–Kier alpha value is -0.570. The summed E-state index contributed by atoms with van der Waals surface area (Å²) in [6.45, 7) is 13.0. The third-order valence-corrected chi connectivity index (χ3v) is 2.72. The molecule has 0 aliphatic heterocycles. The fraction of sp³-hybridized carbons (Fsp3) is 0.917. The predicted molar refractivity (Wildman–Crippen MR) is 64.8 cm³/mol. The lowest BCUT2D eigenvalue weighted by molar-refractivity contribution is -0.127. The van der Waals surface area contributed by atoms with Crippen molar-refractivity contribution >= 4 is 5.91 Å². The highest BCUT2D eigenvalue weighted by molar-refractivity contribution is 5.78. The molecule has 0 aromatic heterocycles. The monoisotopic (exact) mass is 214 g/mol. The molecule has 1 atom stereocenters.